The van der Waals surface area contributed by atoms with E-state index in [9.17, 15) is 9.59 Å². The molecule has 2 fully saturated rings. The zero-order valence-corrected chi connectivity index (χ0v) is 20.9. The number of benzene rings is 2. The van der Waals surface area contributed by atoms with Crippen LogP contribution in [0.5, 0.6) is 11.5 Å². The van der Waals surface area contributed by atoms with Crippen LogP contribution in [0.2, 0.25) is 0 Å². The monoisotopic (exact) mass is 481 g/mol. The lowest BCUT2D eigenvalue weighted by Crippen LogP contribution is -2.50. The Labute approximate surface area is 207 Å². The molecule has 2 aliphatic rings. The van der Waals surface area contributed by atoms with Gasteiger partial charge in [-0.1, -0.05) is 17.7 Å². The van der Waals surface area contributed by atoms with Crippen LogP contribution in [0.3, 0.4) is 0 Å². The first-order valence-corrected chi connectivity index (χ1v) is 12.2. The number of ether oxygens (including phenoxy) is 3. The Hall–Kier alpha value is -3.10. The van der Waals surface area contributed by atoms with Crippen molar-refractivity contribution in [3.05, 3.63) is 59.2 Å². The van der Waals surface area contributed by atoms with E-state index in [1.807, 2.05) is 41.0 Å². The van der Waals surface area contributed by atoms with Gasteiger partial charge in [-0.15, -0.1) is 0 Å². The number of aryl methyl sites for hydroxylation is 1. The normalized spacial score (nSPS) is 19.2. The average Bonchev–Trinajstić information content (AvgIpc) is 3.13. The van der Waals surface area contributed by atoms with Gasteiger partial charge in [0.15, 0.2) is 11.5 Å². The molecule has 35 heavy (non-hydrogen) atoms. The Morgan fingerprint density at radius 1 is 0.857 bits per heavy atom. The summed E-state index contributed by atoms with van der Waals surface area (Å²) in [4.78, 5) is 32.2. The van der Waals surface area contributed by atoms with Gasteiger partial charge in [0, 0.05) is 50.4 Å². The van der Waals surface area contributed by atoms with Gasteiger partial charge < -0.3 is 24.0 Å². The SMILES string of the molecule is COc1ccc(C(=O)N2CCCN(C[C@H]3CN(C(=O)c4ccc(C)cc4)CCO3)CC2)cc1OC. The Kier molecular flexibility index (Phi) is 8.25. The van der Waals surface area contributed by atoms with Crippen molar-refractivity contribution >= 4 is 11.8 Å². The molecule has 2 aliphatic heterocycles. The van der Waals surface area contributed by atoms with Crippen molar-refractivity contribution in [1.82, 2.24) is 14.7 Å². The van der Waals surface area contributed by atoms with Crippen LogP contribution in [0, 0.1) is 6.92 Å². The maximum absolute atomic E-state index is 13.1. The Balaban J connectivity index is 1.32. The summed E-state index contributed by atoms with van der Waals surface area (Å²) < 4.78 is 16.6. The van der Waals surface area contributed by atoms with Crippen molar-refractivity contribution in [2.24, 2.45) is 0 Å². The number of amides is 2. The zero-order chi connectivity index (χ0) is 24.8. The minimum Gasteiger partial charge on any atom is -0.493 e. The lowest BCUT2D eigenvalue weighted by molar-refractivity contribution is -0.0353. The number of methoxy groups -OCH3 is 2. The number of hydrogen-bond donors (Lipinski definition) is 0. The molecule has 8 nitrogen and oxygen atoms in total. The van der Waals surface area contributed by atoms with Crippen LogP contribution in [0.1, 0.15) is 32.7 Å². The van der Waals surface area contributed by atoms with Crippen LogP contribution in [-0.2, 0) is 4.74 Å². The maximum Gasteiger partial charge on any atom is 0.254 e. The molecule has 2 saturated heterocycles. The van der Waals surface area contributed by atoms with Crippen LogP contribution in [0.15, 0.2) is 42.5 Å². The van der Waals surface area contributed by atoms with E-state index in [4.69, 9.17) is 14.2 Å². The van der Waals surface area contributed by atoms with Crippen molar-refractivity contribution < 1.29 is 23.8 Å². The van der Waals surface area contributed by atoms with Crippen LogP contribution >= 0.6 is 0 Å². The Morgan fingerprint density at radius 3 is 2.31 bits per heavy atom. The van der Waals surface area contributed by atoms with Gasteiger partial charge in [0.25, 0.3) is 11.8 Å². The minimum absolute atomic E-state index is 0.00316. The molecule has 188 valence electrons. The van der Waals surface area contributed by atoms with Crippen LogP contribution in [0.25, 0.3) is 0 Å². The van der Waals surface area contributed by atoms with Gasteiger partial charge in [0.1, 0.15) is 0 Å². The number of carbonyl (C=O) groups excluding carboxylic acids is 2. The fourth-order valence-corrected chi connectivity index (χ4v) is 4.69. The van der Waals surface area contributed by atoms with E-state index < -0.39 is 0 Å². The molecule has 0 N–H and O–H groups in total. The van der Waals surface area contributed by atoms with Gasteiger partial charge in [0.05, 0.1) is 26.9 Å². The highest BCUT2D eigenvalue weighted by Gasteiger charge is 2.28. The molecule has 0 spiro atoms. The van der Waals surface area contributed by atoms with Crippen LogP contribution in [0.4, 0.5) is 0 Å². The molecule has 4 rings (SSSR count). The number of carbonyl (C=O) groups is 2. The van der Waals surface area contributed by atoms with Crippen LogP contribution in [-0.4, -0.2) is 99.3 Å². The van der Waals surface area contributed by atoms with Crippen molar-refractivity contribution in [1.29, 1.82) is 0 Å². The predicted octanol–water partition coefficient (Wildman–Crippen LogP) is 2.70. The predicted molar refractivity (Wildman–Crippen MR) is 133 cm³/mol. The van der Waals surface area contributed by atoms with Crippen LogP contribution < -0.4 is 9.47 Å². The lowest BCUT2D eigenvalue weighted by Gasteiger charge is -2.35. The molecule has 2 heterocycles. The fraction of sp³-hybridized carbons (Fsp3) is 0.481. The van der Waals surface area contributed by atoms with E-state index >= 15 is 0 Å². The topological polar surface area (TPSA) is 71.6 Å². The molecule has 1 atom stereocenters. The molecule has 2 amide bonds. The van der Waals surface area contributed by atoms with E-state index in [1.165, 1.54) is 0 Å². The standard InChI is InChI=1S/C27H35N3O5/c1-20-5-7-21(8-6-20)26(31)30-15-16-35-23(19-30)18-28-11-4-12-29(14-13-28)27(32)22-9-10-24(33-2)25(17-22)34-3/h5-10,17,23H,4,11-16,18-19H2,1-3H3/t23-/m0/s1. The van der Waals surface area contributed by atoms with E-state index in [0.29, 0.717) is 49.8 Å². The first-order chi connectivity index (χ1) is 17.0. The molecule has 2 aromatic rings. The third kappa shape index (κ3) is 6.13. The third-order valence-corrected chi connectivity index (χ3v) is 6.69. The van der Waals surface area contributed by atoms with Crippen molar-refractivity contribution in [3.8, 4) is 11.5 Å². The van der Waals surface area contributed by atoms with Gasteiger partial charge in [-0.2, -0.15) is 0 Å². The second-order valence-corrected chi connectivity index (χ2v) is 9.13. The Morgan fingerprint density at radius 2 is 1.57 bits per heavy atom. The van der Waals surface area contributed by atoms with E-state index in [2.05, 4.69) is 4.90 Å². The lowest BCUT2D eigenvalue weighted by atomic mass is 10.1. The zero-order valence-electron chi connectivity index (χ0n) is 20.9. The van der Waals surface area contributed by atoms with E-state index in [-0.39, 0.29) is 17.9 Å². The summed E-state index contributed by atoms with van der Waals surface area (Å²) in [6.07, 6.45) is 0.851. The number of morpholine rings is 1. The highest BCUT2D eigenvalue weighted by Crippen LogP contribution is 2.28. The number of hydrogen-bond acceptors (Lipinski definition) is 6. The molecular formula is C27H35N3O5. The second-order valence-electron chi connectivity index (χ2n) is 9.13. The molecule has 0 radical (unpaired) electrons. The molecule has 0 aromatic heterocycles. The van der Waals surface area contributed by atoms with Crippen molar-refractivity contribution in [2.75, 3.05) is 66.6 Å². The summed E-state index contributed by atoms with van der Waals surface area (Å²) in [5.41, 5.74) is 2.45. The number of nitrogens with zero attached hydrogens (tertiary/aromatic N) is 3. The minimum atomic E-state index is -0.0359. The second kappa shape index (κ2) is 11.6. The number of rotatable bonds is 6. The van der Waals surface area contributed by atoms with Gasteiger partial charge >= 0.3 is 0 Å². The molecule has 0 unspecified atom stereocenters. The quantitative estimate of drug-likeness (QED) is 0.632. The summed E-state index contributed by atoms with van der Waals surface area (Å²) in [5.74, 6) is 1.21. The first kappa shape index (κ1) is 25.0. The summed E-state index contributed by atoms with van der Waals surface area (Å²) in [6, 6.07) is 13.0. The van der Waals surface area contributed by atoms with Crippen molar-refractivity contribution in [3.63, 3.8) is 0 Å². The van der Waals surface area contributed by atoms with E-state index in [0.717, 1.165) is 37.2 Å². The molecule has 0 bridgehead atoms. The summed E-state index contributed by atoms with van der Waals surface area (Å²) in [6.45, 7) is 7.50. The van der Waals surface area contributed by atoms with Gasteiger partial charge in [-0.3, -0.25) is 14.5 Å². The highest BCUT2D eigenvalue weighted by molar-refractivity contribution is 5.95. The van der Waals surface area contributed by atoms with Gasteiger partial charge in [-0.05, 0) is 50.2 Å². The summed E-state index contributed by atoms with van der Waals surface area (Å²) >= 11 is 0. The third-order valence-electron chi connectivity index (χ3n) is 6.69. The van der Waals surface area contributed by atoms with E-state index in [1.54, 1.807) is 32.4 Å². The molecule has 0 saturated carbocycles. The van der Waals surface area contributed by atoms with Gasteiger partial charge in [0.2, 0.25) is 0 Å². The smallest absolute Gasteiger partial charge is 0.254 e. The molecule has 2 aromatic carbocycles. The first-order valence-electron chi connectivity index (χ1n) is 12.2. The Bertz CT molecular complexity index is 1030. The molecular weight excluding hydrogens is 446 g/mol. The maximum atomic E-state index is 13.1. The van der Waals surface area contributed by atoms with Gasteiger partial charge in [-0.25, -0.2) is 0 Å². The summed E-state index contributed by atoms with van der Waals surface area (Å²) in [5, 5.41) is 0. The van der Waals surface area contributed by atoms with Crippen molar-refractivity contribution in [2.45, 2.75) is 19.4 Å². The molecule has 0 aliphatic carbocycles. The summed E-state index contributed by atoms with van der Waals surface area (Å²) in [7, 11) is 3.15. The largest absolute Gasteiger partial charge is 0.493 e. The molecule has 8 heteroatoms. The highest BCUT2D eigenvalue weighted by atomic mass is 16.5. The fourth-order valence-electron chi connectivity index (χ4n) is 4.69. The average molecular weight is 482 g/mol.